The van der Waals surface area contributed by atoms with Crippen LogP contribution >= 0.6 is 0 Å². The van der Waals surface area contributed by atoms with Crippen LogP contribution in [0.1, 0.15) is 19.8 Å². The van der Waals surface area contributed by atoms with Crippen LogP contribution in [-0.2, 0) is 0 Å². The third kappa shape index (κ3) is 1.99. The Morgan fingerprint density at radius 3 is 2.20 bits per heavy atom. The molecule has 0 saturated carbocycles. The zero-order chi connectivity index (χ0) is 7.40. The van der Waals surface area contributed by atoms with E-state index in [0.717, 1.165) is 12.8 Å². The number of aliphatic hydroxyl groups excluding tert-OH is 1. The molecule has 1 nitrogen and oxygen atoms in total. The van der Waals surface area contributed by atoms with Gasteiger partial charge >= 0.3 is 0 Å². The van der Waals surface area contributed by atoms with Crippen molar-refractivity contribution in [2.75, 3.05) is 0 Å². The first-order chi connectivity index (χ1) is 4.80. The van der Waals surface area contributed by atoms with Gasteiger partial charge in [-0.05, 0) is 25.7 Å². The monoisotopic (exact) mass is 138 g/mol. The zero-order valence-corrected chi connectivity index (χ0v) is 6.33. The Hall–Kier alpha value is -0.560. The summed E-state index contributed by atoms with van der Waals surface area (Å²) < 4.78 is 0. The van der Waals surface area contributed by atoms with Crippen LogP contribution in [0.4, 0.5) is 0 Å². The molecule has 1 aliphatic carbocycles. The SMILES string of the molecule is CC(O)C1CC=CC=CC1. The van der Waals surface area contributed by atoms with Crippen LogP contribution in [0.15, 0.2) is 24.3 Å². The van der Waals surface area contributed by atoms with Gasteiger partial charge in [-0.1, -0.05) is 24.3 Å². The van der Waals surface area contributed by atoms with Crippen molar-refractivity contribution < 1.29 is 5.11 Å². The van der Waals surface area contributed by atoms with Gasteiger partial charge in [0.25, 0.3) is 0 Å². The van der Waals surface area contributed by atoms with Crippen LogP contribution in [0.5, 0.6) is 0 Å². The van der Waals surface area contributed by atoms with E-state index >= 15 is 0 Å². The van der Waals surface area contributed by atoms with E-state index < -0.39 is 0 Å². The second-order valence-electron chi connectivity index (χ2n) is 2.83. The van der Waals surface area contributed by atoms with Crippen molar-refractivity contribution in [1.82, 2.24) is 0 Å². The predicted octanol–water partition coefficient (Wildman–Crippen LogP) is 1.89. The molecule has 0 bridgehead atoms. The van der Waals surface area contributed by atoms with E-state index in [1.165, 1.54) is 0 Å². The minimum Gasteiger partial charge on any atom is -0.393 e. The zero-order valence-electron chi connectivity index (χ0n) is 6.33. The molecule has 10 heavy (non-hydrogen) atoms. The molecule has 1 atom stereocenters. The maximum atomic E-state index is 9.23. The maximum Gasteiger partial charge on any atom is 0.0546 e. The Bertz CT molecular complexity index is 131. The Kier molecular flexibility index (Phi) is 2.69. The summed E-state index contributed by atoms with van der Waals surface area (Å²) in [6.45, 7) is 1.86. The molecule has 0 aromatic heterocycles. The molecule has 1 N–H and O–H groups in total. The normalized spacial score (nSPS) is 22.6. The van der Waals surface area contributed by atoms with Crippen LogP contribution in [0.25, 0.3) is 0 Å². The van der Waals surface area contributed by atoms with Crippen molar-refractivity contribution in [2.24, 2.45) is 5.92 Å². The second-order valence-corrected chi connectivity index (χ2v) is 2.83. The highest BCUT2D eigenvalue weighted by molar-refractivity contribution is 5.06. The van der Waals surface area contributed by atoms with Gasteiger partial charge in [0.15, 0.2) is 0 Å². The van der Waals surface area contributed by atoms with Crippen molar-refractivity contribution in [2.45, 2.75) is 25.9 Å². The molecular weight excluding hydrogens is 124 g/mol. The van der Waals surface area contributed by atoms with Crippen LogP contribution in [0, 0.1) is 5.92 Å². The van der Waals surface area contributed by atoms with Gasteiger partial charge in [0.05, 0.1) is 6.10 Å². The number of allylic oxidation sites excluding steroid dienone is 4. The van der Waals surface area contributed by atoms with Crippen LogP contribution < -0.4 is 0 Å². The fourth-order valence-electron chi connectivity index (χ4n) is 1.15. The molecule has 0 fully saturated rings. The predicted molar refractivity (Wildman–Crippen MR) is 42.7 cm³/mol. The molecule has 1 heteroatoms. The Morgan fingerprint density at radius 1 is 1.30 bits per heavy atom. The summed E-state index contributed by atoms with van der Waals surface area (Å²) in [6, 6.07) is 0. The van der Waals surface area contributed by atoms with Crippen LogP contribution in [-0.4, -0.2) is 11.2 Å². The van der Waals surface area contributed by atoms with Gasteiger partial charge in [-0.3, -0.25) is 0 Å². The lowest BCUT2D eigenvalue weighted by Crippen LogP contribution is -2.14. The standard InChI is InChI=1S/C9H14O/c1-8(10)9-6-4-2-3-5-7-9/h2-5,8-10H,6-7H2,1H3. The number of hydrogen-bond donors (Lipinski definition) is 1. The molecule has 1 aliphatic rings. The highest BCUT2D eigenvalue weighted by Crippen LogP contribution is 2.17. The van der Waals surface area contributed by atoms with E-state index in [-0.39, 0.29) is 6.10 Å². The van der Waals surface area contributed by atoms with Crippen LogP contribution in [0.3, 0.4) is 0 Å². The number of rotatable bonds is 1. The van der Waals surface area contributed by atoms with Crippen molar-refractivity contribution in [3.8, 4) is 0 Å². The average molecular weight is 138 g/mol. The molecule has 0 heterocycles. The molecule has 0 aliphatic heterocycles. The number of hydrogen-bond acceptors (Lipinski definition) is 1. The molecule has 0 aromatic rings. The van der Waals surface area contributed by atoms with E-state index in [4.69, 9.17) is 0 Å². The quantitative estimate of drug-likeness (QED) is 0.586. The Morgan fingerprint density at radius 2 is 1.80 bits per heavy atom. The Labute approximate surface area is 62.1 Å². The van der Waals surface area contributed by atoms with Gasteiger partial charge in [-0.15, -0.1) is 0 Å². The van der Waals surface area contributed by atoms with E-state index in [0.29, 0.717) is 5.92 Å². The van der Waals surface area contributed by atoms with Crippen molar-refractivity contribution in [3.63, 3.8) is 0 Å². The van der Waals surface area contributed by atoms with E-state index in [9.17, 15) is 5.11 Å². The molecule has 0 saturated heterocycles. The Balaban J connectivity index is 2.47. The van der Waals surface area contributed by atoms with Gasteiger partial charge < -0.3 is 5.11 Å². The van der Waals surface area contributed by atoms with E-state index in [2.05, 4.69) is 12.2 Å². The fourth-order valence-corrected chi connectivity index (χ4v) is 1.15. The van der Waals surface area contributed by atoms with Gasteiger partial charge in [-0.25, -0.2) is 0 Å². The molecule has 0 spiro atoms. The van der Waals surface area contributed by atoms with E-state index in [1.54, 1.807) is 0 Å². The molecule has 0 amide bonds. The molecule has 0 aromatic carbocycles. The summed E-state index contributed by atoms with van der Waals surface area (Å²) in [6.07, 6.45) is 10.1. The maximum absolute atomic E-state index is 9.23. The average Bonchev–Trinajstić information content (AvgIpc) is 2.12. The minimum absolute atomic E-state index is 0.174. The summed E-state index contributed by atoms with van der Waals surface area (Å²) in [5.74, 6) is 0.426. The van der Waals surface area contributed by atoms with Crippen LogP contribution in [0.2, 0.25) is 0 Å². The highest BCUT2D eigenvalue weighted by Gasteiger charge is 2.11. The first kappa shape index (κ1) is 7.55. The summed E-state index contributed by atoms with van der Waals surface area (Å²) in [7, 11) is 0. The topological polar surface area (TPSA) is 20.2 Å². The molecule has 56 valence electrons. The van der Waals surface area contributed by atoms with E-state index in [1.807, 2.05) is 19.1 Å². The molecular formula is C9H14O. The molecule has 0 radical (unpaired) electrons. The third-order valence-electron chi connectivity index (χ3n) is 1.94. The molecule has 1 unspecified atom stereocenters. The second kappa shape index (κ2) is 3.57. The van der Waals surface area contributed by atoms with Gasteiger partial charge in [0.2, 0.25) is 0 Å². The smallest absolute Gasteiger partial charge is 0.0546 e. The lowest BCUT2D eigenvalue weighted by molar-refractivity contribution is 0.128. The minimum atomic E-state index is -0.174. The summed E-state index contributed by atoms with van der Waals surface area (Å²) >= 11 is 0. The summed E-state index contributed by atoms with van der Waals surface area (Å²) in [5.41, 5.74) is 0. The van der Waals surface area contributed by atoms with Gasteiger partial charge in [0.1, 0.15) is 0 Å². The third-order valence-corrected chi connectivity index (χ3v) is 1.94. The van der Waals surface area contributed by atoms with Crippen molar-refractivity contribution in [3.05, 3.63) is 24.3 Å². The van der Waals surface area contributed by atoms with Gasteiger partial charge in [-0.2, -0.15) is 0 Å². The largest absolute Gasteiger partial charge is 0.393 e. The van der Waals surface area contributed by atoms with Gasteiger partial charge in [0, 0.05) is 0 Å². The van der Waals surface area contributed by atoms with Crippen molar-refractivity contribution in [1.29, 1.82) is 0 Å². The lowest BCUT2D eigenvalue weighted by Gasteiger charge is -2.14. The number of aliphatic hydroxyl groups is 1. The summed E-state index contributed by atoms with van der Waals surface area (Å²) in [4.78, 5) is 0. The first-order valence-corrected chi connectivity index (χ1v) is 3.80. The highest BCUT2D eigenvalue weighted by atomic mass is 16.3. The lowest BCUT2D eigenvalue weighted by atomic mass is 9.97. The first-order valence-electron chi connectivity index (χ1n) is 3.80. The fraction of sp³-hybridized carbons (Fsp3) is 0.556. The van der Waals surface area contributed by atoms with Crippen molar-refractivity contribution >= 4 is 0 Å². The summed E-state index contributed by atoms with van der Waals surface area (Å²) in [5, 5.41) is 9.23. The molecule has 1 rings (SSSR count).